The monoisotopic (exact) mass is 426 g/mol. The first-order chi connectivity index (χ1) is 14.9. The molecule has 2 aliphatic heterocycles. The summed E-state index contributed by atoms with van der Waals surface area (Å²) < 4.78 is 7.37. The number of carbonyl (C=O) groups excluding carboxylic acids is 1. The number of methoxy groups -OCH3 is 1. The summed E-state index contributed by atoms with van der Waals surface area (Å²) in [6, 6.07) is 8.00. The molecule has 3 heterocycles. The summed E-state index contributed by atoms with van der Waals surface area (Å²) >= 11 is 0. The van der Waals surface area contributed by atoms with Crippen LogP contribution >= 0.6 is 0 Å². The number of nitrogens with zero attached hydrogens (tertiary/aromatic N) is 4. The summed E-state index contributed by atoms with van der Waals surface area (Å²) in [5.41, 5.74) is 3.87. The second-order valence-corrected chi connectivity index (χ2v) is 9.21. The van der Waals surface area contributed by atoms with Crippen molar-refractivity contribution in [3.8, 4) is 5.75 Å². The summed E-state index contributed by atoms with van der Waals surface area (Å²) in [7, 11) is 1.67. The molecule has 1 aromatic heterocycles. The fourth-order valence-corrected chi connectivity index (χ4v) is 4.75. The molecule has 1 N–H and O–H groups in total. The topological polar surface area (TPSA) is 70.8 Å². The molecule has 2 aromatic rings. The summed E-state index contributed by atoms with van der Waals surface area (Å²) in [5, 5.41) is 14.9. The van der Waals surface area contributed by atoms with Crippen LogP contribution in [0.1, 0.15) is 54.0 Å². The molecule has 1 fully saturated rings. The van der Waals surface area contributed by atoms with E-state index < -0.39 is 6.10 Å². The number of hydrogen-bond acceptors (Lipinski definition) is 5. The smallest absolute Gasteiger partial charge is 0.274 e. The molecule has 0 aliphatic carbocycles. The van der Waals surface area contributed by atoms with E-state index in [1.165, 1.54) is 0 Å². The number of benzene rings is 1. The number of likely N-dealkylation sites (tertiary alicyclic amines) is 1. The lowest BCUT2D eigenvalue weighted by Crippen LogP contribution is -2.43. The van der Waals surface area contributed by atoms with Crippen LogP contribution in [-0.4, -0.2) is 70.0 Å². The van der Waals surface area contributed by atoms with E-state index in [2.05, 4.69) is 24.8 Å². The van der Waals surface area contributed by atoms with Crippen molar-refractivity contribution in [2.24, 2.45) is 5.92 Å². The lowest BCUT2D eigenvalue weighted by Gasteiger charge is -2.31. The van der Waals surface area contributed by atoms with Gasteiger partial charge >= 0.3 is 0 Å². The zero-order valence-corrected chi connectivity index (χ0v) is 18.9. The third-order valence-electron chi connectivity index (χ3n) is 6.19. The lowest BCUT2D eigenvalue weighted by atomic mass is 10.0. The Bertz CT molecular complexity index is 924. The van der Waals surface area contributed by atoms with Crippen LogP contribution in [0.3, 0.4) is 0 Å². The Kier molecular flexibility index (Phi) is 6.62. The second kappa shape index (κ2) is 9.40. The number of β-amino-alcohol motifs (C(OH)–C–C–N with tert-alkyl or cyclic N) is 1. The maximum absolute atomic E-state index is 13.4. The fraction of sp³-hybridized carbons (Fsp3) is 0.583. The van der Waals surface area contributed by atoms with Crippen molar-refractivity contribution in [1.29, 1.82) is 0 Å². The van der Waals surface area contributed by atoms with Crippen LogP contribution < -0.4 is 4.74 Å². The molecule has 0 bridgehead atoms. The van der Waals surface area contributed by atoms with Crippen molar-refractivity contribution in [3.63, 3.8) is 0 Å². The molecule has 7 nitrogen and oxygen atoms in total. The van der Waals surface area contributed by atoms with Crippen LogP contribution in [0.25, 0.3) is 0 Å². The molecule has 1 unspecified atom stereocenters. The van der Waals surface area contributed by atoms with Crippen molar-refractivity contribution in [2.75, 3.05) is 33.3 Å². The van der Waals surface area contributed by atoms with Gasteiger partial charge < -0.3 is 14.7 Å². The van der Waals surface area contributed by atoms with Gasteiger partial charge in [-0.1, -0.05) is 26.0 Å². The number of piperidine rings is 1. The highest BCUT2D eigenvalue weighted by molar-refractivity contribution is 5.94. The minimum absolute atomic E-state index is 0.0502. The van der Waals surface area contributed by atoms with Gasteiger partial charge in [-0.25, -0.2) is 0 Å². The van der Waals surface area contributed by atoms with E-state index in [1.807, 2.05) is 22.9 Å². The molecule has 0 saturated carbocycles. The van der Waals surface area contributed by atoms with Gasteiger partial charge in [0.2, 0.25) is 0 Å². The van der Waals surface area contributed by atoms with E-state index in [4.69, 9.17) is 9.84 Å². The van der Waals surface area contributed by atoms with Crippen LogP contribution in [0.15, 0.2) is 24.3 Å². The first kappa shape index (κ1) is 21.8. The highest BCUT2D eigenvalue weighted by Crippen LogP contribution is 2.26. The highest BCUT2D eigenvalue weighted by atomic mass is 16.5. The predicted molar refractivity (Wildman–Crippen MR) is 119 cm³/mol. The quantitative estimate of drug-likeness (QED) is 0.769. The molecular weight excluding hydrogens is 392 g/mol. The van der Waals surface area contributed by atoms with Crippen molar-refractivity contribution >= 4 is 5.91 Å². The molecule has 0 radical (unpaired) electrons. The average Bonchev–Trinajstić information content (AvgIpc) is 3.10. The van der Waals surface area contributed by atoms with Crippen molar-refractivity contribution in [2.45, 2.75) is 52.3 Å². The molecule has 168 valence electrons. The Morgan fingerprint density at radius 1 is 1.32 bits per heavy atom. The van der Waals surface area contributed by atoms with Gasteiger partial charge in [-0.05, 0) is 36.5 Å². The van der Waals surface area contributed by atoms with Crippen molar-refractivity contribution < 1.29 is 14.6 Å². The summed E-state index contributed by atoms with van der Waals surface area (Å²) in [6.07, 6.45) is 2.03. The van der Waals surface area contributed by atoms with E-state index in [0.717, 1.165) is 61.5 Å². The van der Waals surface area contributed by atoms with E-state index in [1.54, 1.807) is 12.0 Å². The zero-order chi connectivity index (χ0) is 22.0. The molecule has 31 heavy (non-hydrogen) atoms. The lowest BCUT2D eigenvalue weighted by molar-refractivity contribution is 0.0466. The summed E-state index contributed by atoms with van der Waals surface area (Å²) in [6.45, 7) is 8.88. The maximum Gasteiger partial charge on any atom is 0.274 e. The normalized spacial score (nSPS) is 19.5. The number of ether oxygens (including phenoxy) is 1. The van der Waals surface area contributed by atoms with Crippen LogP contribution in [0.2, 0.25) is 0 Å². The highest BCUT2D eigenvalue weighted by Gasteiger charge is 2.32. The molecule has 4 rings (SSSR count). The maximum atomic E-state index is 13.4. The van der Waals surface area contributed by atoms with Gasteiger partial charge in [-0.2, -0.15) is 5.10 Å². The average molecular weight is 427 g/mol. The Labute approximate surface area is 184 Å². The van der Waals surface area contributed by atoms with Crippen molar-refractivity contribution in [3.05, 3.63) is 46.8 Å². The van der Waals surface area contributed by atoms with Gasteiger partial charge in [0.15, 0.2) is 5.69 Å². The standard InChI is InChI=1S/C24H34N4O3/c1-17(2)13-26-11-9-22-21(16-26)23(24(30)27-10-5-7-19(29)15-27)25-28(22)14-18-6-4-8-20(12-18)31-3/h4,6,8,12,17,19,29H,5,7,9-11,13-16H2,1-3H3. The zero-order valence-electron chi connectivity index (χ0n) is 18.9. The third kappa shape index (κ3) is 4.93. The molecule has 2 aliphatic rings. The number of fused-ring (bicyclic) bond motifs is 1. The fourth-order valence-electron chi connectivity index (χ4n) is 4.75. The Hall–Kier alpha value is -2.38. The third-order valence-corrected chi connectivity index (χ3v) is 6.19. The van der Waals surface area contributed by atoms with Crippen molar-refractivity contribution in [1.82, 2.24) is 19.6 Å². The number of rotatable bonds is 6. The molecule has 7 heteroatoms. The Morgan fingerprint density at radius 3 is 2.90 bits per heavy atom. The van der Waals surface area contributed by atoms with Gasteiger partial charge in [-0.3, -0.25) is 14.4 Å². The number of aromatic nitrogens is 2. The molecule has 0 spiro atoms. The molecular formula is C24H34N4O3. The van der Waals surface area contributed by atoms with Gasteiger partial charge in [0, 0.05) is 50.4 Å². The SMILES string of the molecule is COc1cccc(Cn2nc(C(=O)N3CCCC(O)C3)c3c2CCN(CC(C)C)C3)c1. The van der Waals surface area contributed by atoms with Crippen LogP contribution in [0.5, 0.6) is 5.75 Å². The van der Waals surface area contributed by atoms with E-state index in [0.29, 0.717) is 31.2 Å². The van der Waals surface area contributed by atoms with Gasteiger partial charge in [0.1, 0.15) is 5.75 Å². The minimum Gasteiger partial charge on any atom is -0.497 e. The summed E-state index contributed by atoms with van der Waals surface area (Å²) in [5.74, 6) is 1.34. The van der Waals surface area contributed by atoms with Gasteiger partial charge in [0.05, 0.1) is 19.8 Å². The van der Waals surface area contributed by atoms with E-state index in [9.17, 15) is 9.90 Å². The first-order valence-corrected chi connectivity index (χ1v) is 11.4. The number of amides is 1. The predicted octanol–water partition coefficient (Wildman–Crippen LogP) is 2.55. The molecule has 1 atom stereocenters. The van der Waals surface area contributed by atoms with Gasteiger partial charge in [-0.15, -0.1) is 0 Å². The number of hydrogen-bond donors (Lipinski definition) is 1. The number of aliphatic hydroxyl groups excluding tert-OH is 1. The van der Waals surface area contributed by atoms with E-state index in [-0.39, 0.29) is 5.91 Å². The second-order valence-electron chi connectivity index (χ2n) is 9.21. The van der Waals surface area contributed by atoms with Gasteiger partial charge in [0.25, 0.3) is 5.91 Å². The Balaban J connectivity index is 1.65. The largest absolute Gasteiger partial charge is 0.497 e. The van der Waals surface area contributed by atoms with Crippen LogP contribution in [-0.2, 0) is 19.5 Å². The summed E-state index contributed by atoms with van der Waals surface area (Å²) in [4.78, 5) is 17.6. The first-order valence-electron chi connectivity index (χ1n) is 11.4. The molecule has 1 amide bonds. The number of aliphatic hydroxyl groups is 1. The minimum atomic E-state index is -0.440. The molecule has 1 saturated heterocycles. The Morgan fingerprint density at radius 2 is 2.16 bits per heavy atom. The van der Waals surface area contributed by atoms with Crippen LogP contribution in [0.4, 0.5) is 0 Å². The van der Waals surface area contributed by atoms with E-state index >= 15 is 0 Å². The van der Waals surface area contributed by atoms with Crippen LogP contribution in [0, 0.1) is 5.92 Å². The number of carbonyl (C=O) groups is 1. The molecule has 1 aromatic carbocycles.